The van der Waals surface area contributed by atoms with Crippen molar-refractivity contribution >= 4 is 22.0 Å². The Kier molecular flexibility index (Phi) is 5.35. The summed E-state index contributed by atoms with van der Waals surface area (Å²) >= 11 is 1.47. The number of hydrogen-bond donors (Lipinski definition) is 1. The van der Waals surface area contributed by atoms with Crippen LogP contribution in [0.1, 0.15) is 51.3 Å². The fourth-order valence-electron chi connectivity index (χ4n) is 2.83. The number of hydrogen-bond acceptors (Lipinski definition) is 5. The molecule has 2 heterocycles. The second-order valence-corrected chi connectivity index (χ2v) is 6.95. The standard InChI is InChI=1S/C16H25N3OS/c1-4-12-6-5-8-19(9-7-12)16-15(20-11(2)3)14(18)13(10-17)21-16/h11-12H,4-9,18H2,1-3H3. The van der Waals surface area contributed by atoms with Crippen LogP contribution in [0.3, 0.4) is 0 Å². The minimum Gasteiger partial charge on any atom is -0.486 e. The van der Waals surface area contributed by atoms with Gasteiger partial charge in [0, 0.05) is 13.1 Å². The summed E-state index contributed by atoms with van der Waals surface area (Å²) < 4.78 is 5.90. The normalized spacial score (nSPS) is 19.4. The van der Waals surface area contributed by atoms with Crippen molar-refractivity contribution in [2.45, 2.75) is 52.6 Å². The van der Waals surface area contributed by atoms with Gasteiger partial charge in [-0.25, -0.2) is 0 Å². The van der Waals surface area contributed by atoms with E-state index >= 15 is 0 Å². The Labute approximate surface area is 131 Å². The Morgan fingerprint density at radius 3 is 2.81 bits per heavy atom. The SMILES string of the molecule is CCC1CCCN(c2sc(C#N)c(N)c2OC(C)C)CC1. The average Bonchev–Trinajstić information content (AvgIpc) is 2.66. The third-order valence-corrected chi connectivity index (χ3v) is 5.20. The van der Waals surface area contributed by atoms with Gasteiger partial charge in [0.2, 0.25) is 0 Å². The summed E-state index contributed by atoms with van der Waals surface area (Å²) in [4.78, 5) is 2.92. The molecule has 0 spiro atoms. The van der Waals surface area contributed by atoms with E-state index in [-0.39, 0.29) is 6.10 Å². The summed E-state index contributed by atoms with van der Waals surface area (Å²) in [5, 5.41) is 10.3. The first-order valence-corrected chi connectivity index (χ1v) is 8.62. The molecule has 1 aliphatic heterocycles. The number of nitrogens with two attached hydrogens (primary N) is 1. The number of nitrogens with zero attached hydrogens (tertiary/aromatic N) is 2. The van der Waals surface area contributed by atoms with E-state index in [2.05, 4.69) is 17.9 Å². The van der Waals surface area contributed by atoms with E-state index in [4.69, 9.17) is 10.5 Å². The molecule has 4 nitrogen and oxygen atoms in total. The smallest absolute Gasteiger partial charge is 0.178 e. The number of ether oxygens (including phenoxy) is 1. The Bertz CT molecular complexity index is 518. The van der Waals surface area contributed by atoms with Gasteiger partial charge in [0.1, 0.15) is 21.6 Å². The molecule has 0 bridgehead atoms. The molecule has 1 aromatic rings. The van der Waals surface area contributed by atoms with Crippen molar-refractivity contribution in [1.29, 1.82) is 5.26 Å². The zero-order chi connectivity index (χ0) is 15.4. The summed E-state index contributed by atoms with van der Waals surface area (Å²) in [6.07, 6.45) is 5.00. The van der Waals surface area contributed by atoms with Crippen LogP contribution in [0, 0.1) is 17.2 Å². The molecule has 1 fully saturated rings. The van der Waals surface area contributed by atoms with Crippen LogP contribution in [-0.2, 0) is 0 Å². The fraction of sp³-hybridized carbons (Fsp3) is 0.688. The van der Waals surface area contributed by atoms with Crippen LogP contribution < -0.4 is 15.4 Å². The Hall–Kier alpha value is -1.41. The van der Waals surface area contributed by atoms with Gasteiger partial charge in [-0.2, -0.15) is 5.26 Å². The van der Waals surface area contributed by atoms with Crippen LogP contribution in [0.4, 0.5) is 10.7 Å². The largest absolute Gasteiger partial charge is 0.486 e. The van der Waals surface area contributed by atoms with Crippen molar-refractivity contribution < 1.29 is 4.74 Å². The van der Waals surface area contributed by atoms with E-state index in [0.29, 0.717) is 16.3 Å². The Morgan fingerprint density at radius 1 is 1.43 bits per heavy atom. The third kappa shape index (κ3) is 3.62. The van der Waals surface area contributed by atoms with Gasteiger partial charge in [0.15, 0.2) is 5.75 Å². The van der Waals surface area contributed by atoms with E-state index in [1.807, 2.05) is 13.8 Å². The molecule has 1 saturated heterocycles. The second-order valence-electron chi connectivity index (χ2n) is 5.95. The number of anilines is 2. The molecule has 0 radical (unpaired) electrons. The highest BCUT2D eigenvalue weighted by Gasteiger charge is 2.25. The highest BCUT2D eigenvalue weighted by molar-refractivity contribution is 7.17. The molecule has 1 aromatic heterocycles. The molecule has 21 heavy (non-hydrogen) atoms. The summed E-state index contributed by atoms with van der Waals surface area (Å²) in [7, 11) is 0. The van der Waals surface area contributed by atoms with E-state index in [0.717, 1.165) is 24.0 Å². The predicted molar refractivity (Wildman–Crippen MR) is 89.1 cm³/mol. The molecule has 1 aliphatic rings. The van der Waals surface area contributed by atoms with Gasteiger partial charge in [-0.05, 0) is 39.0 Å². The minimum absolute atomic E-state index is 0.0579. The Balaban J connectivity index is 2.27. The first-order valence-electron chi connectivity index (χ1n) is 7.80. The molecule has 116 valence electrons. The topological polar surface area (TPSA) is 62.3 Å². The highest BCUT2D eigenvalue weighted by atomic mass is 32.1. The third-order valence-electron chi connectivity index (χ3n) is 4.05. The van der Waals surface area contributed by atoms with E-state index < -0.39 is 0 Å². The van der Waals surface area contributed by atoms with Gasteiger partial charge in [0.25, 0.3) is 0 Å². The van der Waals surface area contributed by atoms with E-state index in [1.165, 1.54) is 37.0 Å². The number of rotatable bonds is 4. The van der Waals surface area contributed by atoms with Crippen molar-refractivity contribution in [3.63, 3.8) is 0 Å². The molecule has 2 rings (SSSR count). The lowest BCUT2D eigenvalue weighted by Gasteiger charge is -2.23. The summed E-state index contributed by atoms with van der Waals surface area (Å²) in [6.45, 7) is 8.29. The monoisotopic (exact) mass is 307 g/mol. The van der Waals surface area contributed by atoms with E-state index in [9.17, 15) is 5.26 Å². The van der Waals surface area contributed by atoms with Crippen molar-refractivity contribution in [1.82, 2.24) is 0 Å². The lowest BCUT2D eigenvalue weighted by atomic mass is 9.98. The molecule has 0 saturated carbocycles. The van der Waals surface area contributed by atoms with Crippen LogP contribution >= 0.6 is 11.3 Å². The lowest BCUT2D eigenvalue weighted by molar-refractivity contribution is 0.245. The first-order chi connectivity index (χ1) is 10.1. The number of thiophene rings is 1. The van der Waals surface area contributed by atoms with Crippen molar-refractivity contribution in [2.75, 3.05) is 23.7 Å². The second kappa shape index (κ2) is 7.04. The van der Waals surface area contributed by atoms with Crippen LogP contribution in [0.2, 0.25) is 0 Å². The van der Waals surface area contributed by atoms with Gasteiger partial charge >= 0.3 is 0 Å². The summed E-state index contributed by atoms with van der Waals surface area (Å²) in [5.41, 5.74) is 6.60. The van der Waals surface area contributed by atoms with Crippen molar-refractivity contribution in [3.05, 3.63) is 4.88 Å². The average molecular weight is 307 g/mol. The zero-order valence-electron chi connectivity index (χ0n) is 13.2. The highest BCUT2D eigenvalue weighted by Crippen LogP contribution is 2.45. The molecule has 5 heteroatoms. The molecule has 0 aliphatic carbocycles. The van der Waals surface area contributed by atoms with E-state index in [1.54, 1.807) is 0 Å². The molecular weight excluding hydrogens is 282 g/mol. The number of nitriles is 1. The van der Waals surface area contributed by atoms with Crippen molar-refractivity contribution in [3.8, 4) is 11.8 Å². The minimum atomic E-state index is 0.0579. The van der Waals surface area contributed by atoms with Gasteiger partial charge in [-0.3, -0.25) is 0 Å². The van der Waals surface area contributed by atoms with Crippen LogP contribution in [0.5, 0.6) is 5.75 Å². The molecule has 1 unspecified atom stereocenters. The Morgan fingerprint density at radius 2 is 2.19 bits per heavy atom. The molecule has 0 aromatic carbocycles. The van der Waals surface area contributed by atoms with Gasteiger partial charge in [-0.15, -0.1) is 11.3 Å². The maximum absolute atomic E-state index is 9.23. The summed E-state index contributed by atoms with van der Waals surface area (Å²) in [5.74, 6) is 1.53. The van der Waals surface area contributed by atoms with Crippen molar-refractivity contribution in [2.24, 2.45) is 5.92 Å². The molecular formula is C16H25N3OS. The molecule has 1 atom stereocenters. The van der Waals surface area contributed by atoms with Crippen LogP contribution in [-0.4, -0.2) is 19.2 Å². The van der Waals surface area contributed by atoms with Gasteiger partial charge in [0.05, 0.1) is 6.10 Å². The van der Waals surface area contributed by atoms with Crippen LogP contribution in [0.25, 0.3) is 0 Å². The molecule has 0 amide bonds. The predicted octanol–water partition coefficient (Wildman–Crippen LogP) is 4.01. The summed E-state index contributed by atoms with van der Waals surface area (Å²) in [6, 6.07) is 2.19. The maximum atomic E-state index is 9.23. The lowest BCUT2D eigenvalue weighted by Crippen LogP contribution is -2.24. The zero-order valence-corrected chi connectivity index (χ0v) is 14.0. The quantitative estimate of drug-likeness (QED) is 0.913. The van der Waals surface area contributed by atoms with Gasteiger partial charge < -0.3 is 15.4 Å². The first kappa shape index (κ1) is 16.0. The number of nitrogen functional groups attached to an aromatic ring is 1. The maximum Gasteiger partial charge on any atom is 0.178 e. The van der Waals surface area contributed by atoms with Crippen LogP contribution in [0.15, 0.2) is 0 Å². The fourth-order valence-corrected chi connectivity index (χ4v) is 3.84. The molecule has 2 N–H and O–H groups in total. The van der Waals surface area contributed by atoms with Gasteiger partial charge in [-0.1, -0.05) is 13.3 Å².